The van der Waals surface area contributed by atoms with E-state index in [-0.39, 0.29) is 18.3 Å². The lowest BCUT2D eigenvalue weighted by atomic mass is 9.89. The van der Waals surface area contributed by atoms with Crippen LogP contribution in [-0.4, -0.2) is 42.6 Å². The van der Waals surface area contributed by atoms with Crippen molar-refractivity contribution in [3.05, 3.63) is 0 Å². The first kappa shape index (κ1) is 14.7. The average molecular weight is 263 g/mol. The fraction of sp³-hybridized carbons (Fsp3) is 0.917. The van der Waals surface area contributed by atoms with Crippen molar-refractivity contribution in [1.29, 1.82) is 0 Å². The number of ether oxygens (including phenoxy) is 1. The second kappa shape index (κ2) is 6.57. The van der Waals surface area contributed by atoms with Gasteiger partial charge in [0, 0.05) is 26.3 Å². The van der Waals surface area contributed by atoms with Crippen molar-refractivity contribution in [3.8, 4) is 0 Å². The van der Waals surface area contributed by atoms with E-state index in [4.69, 9.17) is 10.5 Å². The van der Waals surface area contributed by atoms with Crippen LogP contribution in [-0.2, 0) is 9.53 Å². The zero-order chi connectivity index (χ0) is 11.4. The molecule has 2 N–H and O–H groups in total. The highest BCUT2D eigenvalue weighted by Gasteiger charge is 2.38. The van der Waals surface area contributed by atoms with Crippen LogP contribution in [0.2, 0.25) is 0 Å². The molecule has 0 bridgehead atoms. The van der Waals surface area contributed by atoms with Gasteiger partial charge in [-0.3, -0.25) is 4.79 Å². The molecule has 0 aromatic heterocycles. The zero-order valence-corrected chi connectivity index (χ0v) is 11.1. The third-order valence-corrected chi connectivity index (χ3v) is 3.70. The zero-order valence-electron chi connectivity index (χ0n) is 10.3. The van der Waals surface area contributed by atoms with Gasteiger partial charge in [0.25, 0.3) is 0 Å². The predicted octanol–water partition coefficient (Wildman–Crippen LogP) is 1.32. The first-order valence-electron chi connectivity index (χ1n) is 6.38. The molecule has 0 unspecified atom stereocenters. The average Bonchev–Trinajstić information content (AvgIpc) is 2.57. The van der Waals surface area contributed by atoms with E-state index in [1.807, 2.05) is 4.90 Å². The van der Waals surface area contributed by atoms with Crippen LogP contribution in [0.4, 0.5) is 0 Å². The van der Waals surface area contributed by atoms with E-state index in [1.54, 1.807) is 0 Å². The van der Waals surface area contributed by atoms with Gasteiger partial charge in [-0.05, 0) is 25.7 Å². The Balaban J connectivity index is 0.00000144. The van der Waals surface area contributed by atoms with Crippen molar-refractivity contribution in [2.45, 2.75) is 44.1 Å². The fourth-order valence-electron chi connectivity index (χ4n) is 2.54. The molecule has 2 aliphatic heterocycles. The van der Waals surface area contributed by atoms with Gasteiger partial charge < -0.3 is 15.4 Å². The number of amides is 1. The van der Waals surface area contributed by atoms with E-state index >= 15 is 0 Å². The second-order valence-electron chi connectivity index (χ2n) is 4.97. The number of nitrogens with two attached hydrogens (primary N) is 1. The molecule has 2 heterocycles. The number of hydrogen-bond donors (Lipinski definition) is 1. The van der Waals surface area contributed by atoms with Gasteiger partial charge in [0.15, 0.2) is 0 Å². The largest absolute Gasteiger partial charge is 0.381 e. The van der Waals surface area contributed by atoms with E-state index in [2.05, 4.69) is 0 Å². The molecule has 0 aromatic carbocycles. The number of halogens is 1. The standard InChI is InChI=1S/C12H22N2O2.ClH/c13-12(5-9-16-10-6-12)11(15)14-7-3-1-2-4-8-14;/h1-10,13H2;1H. The summed E-state index contributed by atoms with van der Waals surface area (Å²) in [5, 5.41) is 0. The van der Waals surface area contributed by atoms with Crippen LogP contribution in [0.3, 0.4) is 0 Å². The normalized spacial score (nSPS) is 24.6. The number of likely N-dealkylation sites (tertiary alicyclic amines) is 1. The Morgan fingerprint density at radius 1 is 1.06 bits per heavy atom. The first-order valence-corrected chi connectivity index (χ1v) is 6.38. The summed E-state index contributed by atoms with van der Waals surface area (Å²) < 4.78 is 5.28. The second-order valence-corrected chi connectivity index (χ2v) is 4.97. The van der Waals surface area contributed by atoms with E-state index in [0.29, 0.717) is 26.1 Å². The van der Waals surface area contributed by atoms with Crippen LogP contribution >= 0.6 is 12.4 Å². The van der Waals surface area contributed by atoms with Crippen LogP contribution in [0.5, 0.6) is 0 Å². The van der Waals surface area contributed by atoms with E-state index < -0.39 is 5.54 Å². The van der Waals surface area contributed by atoms with E-state index in [1.165, 1.54) is 12.8 Å². The van der Waals surface area contributed by atoms with Crippen LogP contribution in [0, 0.1) is 0 Å². The van der Waals surface area contributed by atoms with Gasteiger partial charge in [-0.2, -0.15) is 0 Å². The Hall–Kier alpha value is -0.320. The Morgan fingerprint density at radius 2 is 1.59 bits per heavy atom. The summed E-state index contributed by atoms with van der Waals surface area (Å²) in [6.07, 6.45) is 6.07. The Morgan fingerprint density at radius 3 is 2.12 bits per heavy atom. The molecule has 2 fully saturated rings. The van der Waals surface area contributed by atoms with E-state index in [0.717, 1.165) is 25.9 Å². The molecule has 1 amide bonds. The van der Waals surface area contributed by atoms with Crippen LogP contribution in [0.15, 0.2) is 0 Å². The van der Waals surface area contributed by atoms with Gasteiger partial charge in [0.1, 0.15) is 0 Å². The molecule has 2 rings (SSSR count). The molecule has 0 atom stereocenters. The summed E-state index contributed by atoms with van der Waals surface area (Å²) in [5.74, 6) is 0.151. The maximum atomic E-state index is 12.4. The lowest BCUT2D eigenvalue weighted by molar-refractivity contribution is -0.140. The predicted molar refractivity (Wildman–Crippen MR) is 69.3 cm³/mol. The smallest absolute Gasteiger partial charge is 0.242 e. The number of carbonyl (C=O) groups is 1. The number of hydrogen-bond acceptors (Lipinski definition) is 3. The van der Waals surface area contributed by atoms with Crippen molar-refractivity contribution < 1.29 is 9.53 Å². The molecule has 0 aromatic rings. The molecule has 0 saturated carbocycles. The Kier molecular flexibility index (Phi) is 5.70. The number of rotatable bonds is 1. The highest BCUT2D eigenvalue weighted by atomic mass is 35.5. The third kappa shape index (κ3) is 3.57. The third-order valence-electron chi connectivity index (χ3n) is 3.70. The molecular formula is C12H23ClN2O2. The molecule has 2 saturated heterocycles. The van der Waals surface area contributed by atoms with Crippen LogP contribution in [0.1, 0.15) is 38.5 Å². The summed E-state index contributed by atoms with van der Waals surface area (Å²) >= 11 is 0. The quantitative estimate of drug-likeness (QED) is 0.775. The lowest BCUT2D eigenvalue weighted by Crippen LogP contribution is -2.58. The van der Waals surface area contributed by atoms with Crippen molar-refractivity contribution in [3.63, 3.8) is 0 Å². The Bertz CT molecular complexity index is 247. The minimum absolute atomic E-state index is 0. The molecule has 17 heavy (non-hydrogen) atoms. The van der Waals surface area contributed by atoms with E-state index in [9.17, 15) is 4.79 Å². The van der Waals surface area contributed by atoms with Crippen LogP contribution in [0.25, 0.3) is 0 Å². The van der Waals surface area contributed by atoms with Gasteiger partial charge >= 0.3 is 0 Å². The van der Waals surface area contributed by atoms with Gasteiger partial charge in [-0.25, -0.2) is 0 Å². The minimum Gasteiger partial charge on any atom is -0.381 e. The summed E-state index contributed by atoms with van der Waals surface area (Å²) in [7, 11) is 0. The van der Waals surface area contributed by atoms with Crippen LogP contribution < -0.4 is 5.73 Å². The fourth-order valence-corrected chi connectivity index (χ4v) is 2.54. The first-order chi connectivity index (χ1) is 7.72. The molecule has 5 heteroatoms. The summed E-state index contributed by atoms with van der Waals surface area (Å²) in [6.45, 7) is 3.02. The topological polar surface area (TPSA) is 55.6 Å². The van der Waals surface area contributed by atoms with Gasteiger partial charge in [-0.1, -0.05) is 12.8 Å². The van der Waals surface area contributed by atoms with Gasteiger partial charge in [0.2, 0.25) is 5.91 Å². The molecule has 0 radical (unpaired) electrons. The highest BCUT2D eigenvalue weighted by Crippen LogP contribution is 2.22. The molecule has 4 nitrogen and oxygen atoms in total. The lowest BCUT2D eigenvalue weighted by Gasteiger charge is -2.36. The van der Waals surface area contributed by atoms with Gasteiger partial charge in [0.05, 0.1) is 5.54 Å². The Labute approximate surface area is 109 Å². The van der Waals surface area contributed by atoms with Crippen molar-refractivity contribution in [2.24, 2.45) is 5.73 Å². The monoisotopic (exact) mass is 262 g/mol. The number of nitrogens with zero attached hydrogens (tertiary/aromatic N) is 1. The van der Waals surface area contributed by atoms with Crippen molar-refractivity contribution in [2.75, 3.05) is 26.3 Å². The summed E-state index contributed by atoms with van der Waals surface area (Å²) in [5.41, 5.74) is 5.56. The van der Waals surface area contributed by atoms with Crippen molar-refractivity contribution >= 4 is 18.3 Å². The molecule has 100 valence electrons. The minimum atomic E-state index is -0.650. The molecule has 0 aliphatic carbocycles. The summed E-state index contributed by atoms with van der Waals surface area (Å²) in [4.78, 5) is 14.3. The van der Waals surface area contributed by atoms with Crippen molar-refractivity contribution in [1.82, 2.24) is 4.90 Å². The summed E-state index contributed by atoms with van der Waals surface area (Å²) in [6, 6.07) is 0. The molecule has 0 spiro atoms. The maximum absolute atomic E-state index is 12.4. The number of carbonyl (C=O) groups excluding carboxylic acids is 1. The highest BCUT2D eigenvalue weighted by molar-refractivity contribution is 5.86. The SMILES string of the molecule is Cl.NC1(C(=O)N2CCCCCC2)CCOCC1. The maximum Gasteiger partial charge on any atom is 0.242 e. The molecular weight excluding hydrogens is 240 g/mol. The van der Waals surface area contributed by atoms with Gasteiger partial charge in [-0.15, -0.1) is 12.4 Å². The molecule has 2 aliphatic rings.